The van der Waals surface area contributed by atoms with E-state index in [9.17, 15) is 13.2 Å². The molecule has 2 aromatic rings. The smallest absolute Gasteiger partial charge is 0.335 e. The number of hydrogen-bond donors (Lipinski definition) is 2. The molecule has 0 atom stereocenters. The van der Waals surface area contributed by atoms with Gasteiger partial charge in [-0.2, -0.15) is 0 Å². The van der Waals surface area contributed by atoms with Crippen LogP contribution in [0.4, 0.5) is 0 Å². The van der Waals surface area contributed by atoms with Crippen LogP contribution in [0.3, 0.4) is 0 Å². The van der Waals surface area contributed by atoms with E-state index < -0.39 is 21.5 Å². The zero-order valence-electron chi connectivity index (χ0n) is 14.1. The van der Waals surface area contributed by atoms with Crippen molar-refractivity contribution in [3.8, 4) is 11.1 Å². The van der Waals surface area contributed by atoms with Gasteiger partial charge < -0.3 is 5.11 Å². The first-order valence-corrected chi connectivity index (χ1v) is 8.97. The number of carboxylic acids is 1. The highest BCUT2D eigenvalue weighted by Crippen LogP contribution is 2.29. The van der Waals surface area contributed by atoms with Crippen LogP contribution in [0.5, 0.6) is 0 Å². The number of aryl methyl sites for hydroxylation is 1. The SMILES string of the molecule is Cc1cc(-c2ccccc2S(=O)(=O)NC(C)(C)C)ccc1C(=O)O. The number of rotatable bonds is 4. The third-order valence-electron chi connectivity index (χ3n) is 3.38. The molecule has 0 fully saturated rings. The number of hydrogen-bond acceptors (Lipinski definition) is 3. The van der Waals surface area contributed by atoms with Gasteiger partial charge in [-0.15, -0.1) is 0 Å². The predicted molar refractivity (Wildman–Crippen MR) is 93.6 cm³/mol. The number of sulfonamides is 1. The van der Waals surface area contributed by atoms with Gasteiger partial charge in [-0.3, -0.25) is 0 Å². The minimum Gasteiger partial charge on any atom is -0.478 e. The molecular formula is C18H21NO4S. The highest BCUT2D eigenvalue weighted by atomic mass is 32.2. The fourth-order valence-electron chi connectivity index (χ4n) is 2.47. The van der Waals surface area contributed by atoms with Crippen LogP contribution >= 0.6 is 0 Å². The Kier molecular flexibility index (Phi) is 4.82. The molecule has 0 aliphatic rings. The van der Waals surface area contributed by atoms with E-state index in [1.54, 1.807) is 64.1 Å². The molecule has 0 radical (unpaired) electrons. The summed E-state index contributed by atoms with van der Waals surface area (Å²) in [7, 11) is -3.70. The molecular weight excluding hydrogens is 326 g/mol. The maximum atomic E-state index is 12.7. The summed E-state index contributed by atoms with van der Waals surface area (Å²) >= 11 is 0. The quantitative estimate of drug-likeness (QED) is 0.887. The molecule has 0 aromatic heterocycles. The molecule has 0 saturated heterocycles. The summed E-state index contributed by atoms with van der Waals surface area (Å²) in [5, 5.41) is 9.13. The van der Waals surface area contributed by atoms with E-state index >= 15 is 0 Å². The Morgan fingerprint density at radius 2 is 1.71 bits per heavy atom. The second kappa shape index (κ2) is 6.37. The molecule has 0 aliphatic carbocycles. The topological polar surface area (TPSA) is 83.5 Å². The van der Waals surface area contributed by atoms with Gasteiger partial charge in [0, 0.05) is 11.1 Å². The molecule has 2 N–H and O–H groups in total. The lowest BCUT2D eigenvalue weighted by molar-refractivity contribution is 0.0696. The first-order valence-electron chi connectivity index (χ1n) is 7.48. The zero-order chi connectivity index (χ0) is 18.1. The second-order valence-electron chi connectivity index (χ2n) is 6.69. The molecule has 0 heterocycles. The van der Waals surface area contributed by atoms with Crippen LogP contribution in [0.25, 0.3) is 11.1 Å². The molecule has 0 saturated carbocycles. The van der Waals surface area contributed by atoms with Crippen molar-refractivity contribution in [1.82, 2.24) is 4.72 Å². The predicted octanol–water partition coefficient (Wildman–Crippen LogP) is 3.44. The molecule has 2 rings (SSSR count). The zero-order valence-corrected chi connectivity index (χ0v) is 14.9. The van der Waals surface area contributed by atoms with E-state index in [1.807, 2.05) is 0 Å². The van der Waals surface area contributed by atoms with E-state index in [4.69, 9.17) is 5.11 Å². The fourth-order valence-corrected chi connectivity index (χ4v) is 4.12. The lowest BCUT2D eigenvalue weighted by Gasteiger charge is -2.21. The summed E-state index contributed by atoms with van der Waals surface area (Å²) in [6.07, 6.45) is 0. The largest absolute Gasteiger partial charge is 0.478 e. The summed E-state index contributed by atoms with van der Waals surface area (Å²) in [5.41, 5.74) is 1.37. The van der Waals surface area contributed by atoms with Crippen molar-refractivity contribution in [2.24, 2.45) is 0 Å². The summed E-state index contributed by atoms with van der Waals surface area (Å²) < 4.78 is 28.0. The van der Waals surface area contributed by atoms with Crippen LogP contribution in [0.2, 0.25) is 0 Å². The van der Waals surface area contributed by atoms with Crippen molar-refractivity contribution < 1.29 is 18.3 Å². The third kappa shape index (κ3) is 4.01. The average Bonchev–Trinajstić information content (AvgIpc) is 2.44. The second-order valence-corrected chi connectivity index (χ2v) is 8.34. The van der Waals surface area contributed by atoms with Gasteiger partial charge in [0.2, 0.25) is 10.0 Å². The molecule has 0 spiro atoms. The number of carbonyl (C=O) groups is 1. The first kappa shape index (κ1) is 18.2. The van der Waals surface area contributed by atoms with Gasteiger partial charge in [0.1, 0.15) is 0 Å². The Morgan fingerprint density at radius 3 is 2.25 bits per heavy atom. The van der Waals surface area contributed by atoms with Crippen molar-refractivity contribution in [2.75, 3.05) is 0 Å². The van der Waals surface area contributed by atoms with Gasteiger partial charge in [0.05, 0.1) is 10.5 Å². The standard InChI is InChI=1S/C18H21NO4S/c1-12-11-13(9-10-14(12)17(20)21)15-7-5-6-8-16(15)24(22,23)19-18(2,3)4/h5-11,19H,1-4H3,(H,20,21). The van der Waals surface area contributed by atoms with Gasteiger partial charge >= 0.3 is 5.97 Å². The van der Waals surface area contributed by atoms with Crippen molar-refractivity contribution in [3.05, 3.63) is 53.6 Å². The molecule has 0 unspecified atom stereocenters. The Morgan fingerprint density at radius 1 is 1.08 bits per heavy atom. The lowest BCUT2D eigenvalue weighted by atomic mass is 10.00. The Bertz CT molecular complexity index is 880. The molecule has 5 nitrogen and oxygen atoms in total. The van der Waals surface area contributed by atoms with Crippen molar-refractivity contribution in [1.29, 1.82) is 0 Å². The number of benzene rings is 2. The molecule has 0 bridgehead atoms. The van der Waals surface area contributed by atoms with Gasteiger partial charge in [0.15, 0.2) is 0 Å². The fraction of sp³-hybridized carbons (Fsp3) is 0.278. The minimum atomic E-state index is -3.70. The van der Waals surface area contributed by atoms with Crippen LogP contribution < -0.4 is 4.72 Å². The van der Waals surface area contributed by atoms with Crippen LogP contribution in [0, 0.1) is 6.92 Å². The van der Waals surface area contributed by atoms with Gasteiger partial charge in [0.25, 0.3) is 0 Å². The van der Waals surface area contributed by atoms with Gasteiger partial charge in [-0.25, -0.2) is 17.9 Å². The Hall–Kier alpha value is -2.18. The van der Waals surface area contributed by atoms with Crippen LogP contribution in [-0.2, 0) is 10.0 Å². The molecule has 128 valence electrons. The Balaban J connectivity index is 2.58. The van der Waals surface area contributed by atoms with Crippen LogP contribution in [-0.4, -0.2) is 25.0 Å². The normalized spacial score (nSPS) is 12.2. The number of nitrogens with one attached hydrogen (secondary N) is 1. The van der Waals surface area contributed by atoms with Crippen LogP contribution in [0.15, 0.2) is 47.4 Å². The molecule has 0 aliphatic heterocycles. The van der Waals surface area contributed by atoms with E-state index in [0.717, 1.165) is 0 Å². The molecule has 2 aromatic carbocycles. The van der Waals surface area contributed by atoms with Crippen molar-refractivity contribution in [3.63, 3.8) is 0 Å². The number of aromatic carboxylic acids is 1. The van der Waals surface area contributed by atoms with Gasteiger partial charge in [-0.1, -0.05) is 30.3 Å². The van der Waals surface area contributed by atoms with Crippen molar-refractivity contribution in [2.45, 2.75) is 38.1 Å². The highest BCUT2D eigenvalue weighted by molar-refractivity contribution is 7.89. The maximum Gasteiger partial charge on any atom is 0.335 e. The summed E-state index contributed by atoms with van der Waals surface area (Å²) in [6.45, 7) is 7.02. The third-order valence-corrected chi connectivity index (χ3v) is 5.20. The van der Waals surface area contributed by atoms with Crippen molar-refractivity contribution >= 4 is 16.0 Å². The van der Waals surface area contributed by atoms with Crippen LogP contribution in [0.1, 0.15) is 36.7 Å². The lowest BCUT2D eigenvalue weighted by Crippen LogP contribution is -2.40. The van der Waals surface area contributed by atoms with E-state index in [0.29, 0.717) is 16.7 Å². The molecule has 24 heavy (non-hydrogen) atoms. The summed E-state index contributed by atoms with van der Waals surface area (Å²) in [5.74, 6) is -1.01. The maximum absolute atomic E-state index is 12.7. The average molecular weight is 347 g/mol. The number of carboxylic acid groups (broad SMARTS) is 1. The molecule has 6 heteroatoms. The van der Waals surface area contributed by atoms with E-state index in [-0.39, 0.29) is 10.5 Å². The summed E-state index contributed by atoms with van der Waals surface area (Å²) in [6, 6.07) is 11.5. The monoisotopic (exact) mass is 347 g/mol. The van der Waals surface area contributed by atoms with E-state index in [1.165, 1.54) is 6.07 Å². The first-order chi connectivity index (χ1) is 11.0. The summed E-state index contributed by atoms with van der Waals surface area (Å²) in [4.78, 5) is 11.3. The minimum absolute atomic E-state index is 0.169. The van der Waals surface area contributed by atoms with Gasteiger partial charge in [-0.05, 0) is 51.0 Å². The highest BCUT2D eigenvalue weighted by Gasteiger charge is 2.25. The Labute approximate surface area is 142 Å². The molecule has 0 amide bonds. The van der Waals surface area contributed by atoms with E-state index in [2.05, 4.69) is 4.72 Å².